The Bertz CT molecular complexity index is 606. The van der Waals surface area contributed by atoms with Crippen LogP contribution in [-0.2, 0) is 14.3 Å². The number of β-amino-alcohol motifs (C(OH)–C–C–N with tert-alkyl or cyclic N) is 1. The fraction of sp³-hybridized carbons (Fsp3) is 0.538. The van der Waals surface area contributed by atoms with Crippen LogP contribution >= 0.6 is 0 Å². The van der Waals surface area contributed by atoms with Crippen molar-refractivity contribution < 1.29 is 26.5 Å². The van der Waals surface area contributed by atoms with Crippen molar-refractivity contribution in [2.24, 2.45) is 0 Å². The lowest BCUT2D eigenvalue weighted by molar-refractivity contribution is 0.0200. The van der Waals surface area contributed by atoms with Gasteiger partial charge in [-0.15, -0.1) is 0 Å². The van der Waals surface area contributed by atoms with Gasteiger partial charge in [0.25, 0.3) is 16.5 Å². The van der Waals surface area contributed by atoms with Crippen LogP contribution in [0.15, 0.2) is 23.1 Å². The molecule has 1 aliphatic heterocycles. The normalized spacial score (nSPS) is 23.5. The Balaban J connectivity index is 2.25. The molecule has 2 atom stereocenters. The molecule has 1 aromatic carbocycles. The summed E-state index contributed by atoms with van der Waals surface area (Å²) in [5.41, 5.74) is -0.0311. The van der Waals surface area contributed by atoms with Crippen molar-refractivity contribution in [1.82, 2.24) is 5.32 Å². The summed E-state index contributed by atoms with van der Waals surface area (Å²) in [6.45, 7) is 2.24. The first kappa shape index (κ1) is 16.3. The molecule has 2 N–H and O–H groups in total. The van der Waals surface area contributed by atoms with Crippen LogP contribution in [-0.4, -0.2) is 38.8 Å². The highest BCUT2D eigenvalue weighted by Gasteiger charge is 2.30. The average Bonchev–Trinajstić information content (AvgIpc) is 2.41. The van der Waals surface area contributed by atoms with E-state index < -0.39 is 28.8 Å². The lowest BCUT2D eigenvalue weighted by Crippen LogP contribution is -2.45. The number of piperidine rings is 1. The Hall–Kier alpha value is -1.09. The van der Waals surface area contributed by atoms with Gasteiger partial charge in [-0.1, -0.05) is 6.07 Å². The average molecular weight is 321 g/mol. The molecule has 1 heterocycles. The number of aliphatic hydroxyl groups excluding tert-OH is 1. The second kappa shape index (κ2) is 6.35. The van der Waals surface area contributed by atoms with Gasteiger partial charge >= 0.3 is 0 Å². The fourth-order valence-corrected chi connectivity index (χ4v) is 3.32. The summed E-state index contributed by atoms with van der Waals surface area (Å²) in [7, 11) is -4.19. The lowest BCUT2D eigenvalue weighted by Gasteiger charge is -2.27. The molecule has 0 spiro atoms. The van der Waals surface area contributed by atoms with Crippen LogP contribution < -0.4 is 5.32 Å². The van der Waals surface area contributed by atoms with E-state index in [1.165, 1.54) is 19.1 Å². The van der Waals surface area contributed by atoms with Gasteiger partial charge in [-0.2, -0.15) is 8.42 Å². The van der Waals surface area contributed by atoms with Crippen LogP contribution in [0.2, 0.25) is 0 Å². The molecule has 1 aromatic rings. The van der Waals surface area contributed by atoms with E-state index in [2.05, 4.69) is 5.32 Å². The second-order valence-electron chi connectivity index (χ2n) is 4.97. The number of benzene rings is 1. The van der Waals surface area contributed by atoms with Gasteiger partial charge in [-0.3, -0.25) is 4.18 Å². The second-order valence-corrected chi connectivity index (χ2v) is 6.54. The molecule has 2 unspecified atom stereocenters. The predicted octanol–water partition coefficient (Wildman–Crippen LogP) is 1.36. The minimum Gasteiger partial charge on any atom is -0.389 e. The smallest absolute Gasteiger partial charge is 0.297 e. The molecule has 1 aliphatic rings. The van der Waals surface area contributed by atoms with Gasteiger partial charge in [0.2, 0.25) is 0 Å². The molecule has 0 aliphatic carbocycles. The van der Waals surface area contributed by atoms with Crippen LogP contribution in [0.1, 0.15) is 24.0 Å². The summed E-state index contributed by atoms with van der Waals surface area (Å²) in [6.07, 6.45) is -4.25. The van der Waals surface area contributed by atoms with Crippen LogP contribution in [0.5, 0.6) is 0 Å². The van der Waals surface area contributed by atoms with Crippen molar-refractivity contribution >= 4 is 10.1 Å². The van der Waals surface area contributed by atoms with E-state index in [4.69, 9.17) is 4.18 Å². The fourth-order valence-electron chi connectivity index (χ4n) is 2.16. The van der Waals surface area contributed by atoms with Crippen molar-refractivity contribution in [2.75, 3.05) is 13.1 Å². The quantitative estimate of drug-likeness (QED) is 0.819. The van der Waals surface area contributed by atoms with Crippen molar-refractivity contribution in [1.29, 1.82) is 0 Å². The van der Waals surface area contributed by atoms with E-state index >= 15 is 0 Å². The summed E-state index contributed by atoms with van der Waals surface area (Å²) < 4.78 is 54.9. The van der Waals surface area contributed by atoms with Crippen molar-refractivity contribution in [3.05, 3.63) is 29.3 Å². The summed E-state index contributed by atoms with van der Waals surface area (Å²) in [5.74, 6) is 0. The molecule has 0 saturated carbocycles. The van der Waals surface area contributed by atoms with Crippen LogP contribution in [0.4, 0.5) is 8.78 Å². The molecule has 1 saturated heterocycles. The molecule has 118 valence electrons. The van der Waals surface area contributed by atoms with Crippen LogP contribution in [0, 0.1) is 6.92 Å². The molecular formula is C13H17F2NO4S. The number of aliphatic hydroxyl groups is 1. The third kappa shape index (κ3) is 3.76. The minimum absolute atomic E-state index is 0.233. The first-order chi connectivity index (χ1) is 9.81. The molecule has 0 bridgehead atoms. The maximum absolute atomic E-state index is 12.8. The molecular weight excluding hydrogens is 304 g/mol. The zero-order valence-corrected chi connectivity index (χ0v) is 12.2. The molecule has 0 aromatic heterocycles. The summed E-state index contributed by atoms with van der Waals surface area (Å²) >= 11 is 0. The number of alkyl halides is 2. The first-order valence-corrected chi connectivity index (χ1v) is 7.93. The molecule has 8 heteroatoms. The van der Waals surface area contributed by atoms with Gasteiger partial charge in [0.05, 0.1) is 11.0 Å². The summed E-state index contributed by atoms with van der Waals surface area (Å²) in [6, 6.07) is 3.46. The molecule has 2 rings (SSSR count). The van der Waals surface area contributed by atoms with Crippen molar-refractivity contribution in [2.45, 2.75) is 36.9 Å². The van der Waals surface area contributed by atoms with E-state index in [0.29, 0.717) is 18.5 Å². The highest BCUT2D eigenvalue weighted by molar-refractivity contribution is 7.86. The van der Waals surface area contributed by atoms with E-state index in [1.54, 1.807) is 0 Å². The monoisotopic (exact) mass is 321 g/mol. The number of hydrogen-bond acceptors (Lipinski definition) is 5. The maximum atomic E-state index is 12.8. The molecule has 0 amide bonds. The standard InChI is InChI=1S/C13H17F2NO4S/c1-8-2-3-9(6-10(8)13(14)15)21(18,19)20-12-4-5-16-7-11(12)17/h2-3,6,11-13,16-17H,4-5,7H2,1H3. The topological polar surface area (TPSA) is 75.6 Å². The Morgan fingerprint density at radius 2 is 2.14 bits per heavy atom. The molecule has 1 fully saturated rings. The third-order valence-corrected chi connectivity index (χ3v) is 4.74. The zero-order valence-electron chi connectivity index (χ0n) is 11.4. The minimum atomic E-state index is -4.19. The zero-order chi connectivity index (χ0) is 15.6. The van der Waals surface area contributed by atoms with Crippen molar-refractivity contribution in [3.63, 3.8) is 0 Å². The first-order valence-electron chi connectivity index (χ1n) is 6.52. The number of rotatable bonds is 4. The van der Waals surface area contributed by atoms with E-state index in [1.807, 2.05) is 0 Å². The summed E-state index contributed by atoms with van der Waals surface area (Å²) in [4.78, 5) is -0.325. The van der Waals surface area contributed by atoms with E-state index in [-0.39, 0.29) is 17.0 Å². The number of halogens is 2. The largest absolute Gasteiger partial charge is 0.389 e. The van der Waals surface area contributed by atoms with Gasteiger partial charge < -0.3 is 10.4 Å². The Kier molecular flexibility index (Phi) is 4.92. The molecule has 5 nitrogen and oxygen atoms in total. The third-order valence-electron chi connectivity index (χ3n) is 3.41. The molecule has 0 radical (unpaired) electrons. The maximum Gasteiger partial charge on any atom is 0.297 e. The van der Waals surface area contributed by atoms with Crippen LogP contribution in [0.25, 0.3) is 0 Å². The van der Waals surface area contributed by atoms with Gasteiger partial charge in [0, 0.05) is 12.1 Å². The van der Waals surface area contributed by atoms with Gasteiger partial charge in [0.1, 0.15) is 6.10 Å². The number of hydrogen-bond donors (Lipinski definition) is 2. The number of aryl methyl sites for hydroxylation is 1. The van der Waals surface area contributed by atoms with E-state index in [0.717, 1.165) is 6.07 Å². The Labute approximate surface area is 122 Å². The van der Waals surface area contributed by atoms with E-state index in [9.17, 15) is 22.3 Å². The van der Waals surface area contributed by atoms with Gasteiger partial charge in [-0.25, -0.2) is 8.78 Å². The Morgan fingerprint density at radius 3 is 2.76 bits per heavy atom. The van der Waals surface area contributed by atoms with Crippen LogP contribution in [0.3, 0.4) is 0 Å². The number of nitrogens with one attached hydrogen (secondary N) is 1. The SMILES string of the molecule is Cc1ccc(S(=O)(=O)OC2CCNCC2O)cc1C(F)F. The predicted molar refractivity (Wildman–Crippen MR) is 71.7 cm³/mol. The highest BCUT2D eigenvalue weighted by atomic mass is 32.2. The Morgan fingerprint density at radius 1 is 1.43 bits per heavy atom. The summed E-state index contributed by atoms with van der Waals surface area (Å²) in [5, 5.41) is 12.6. The highest BCUT2D eigenvalue weighted by Crippen LogP contribution is 2.27. The van der Waals surface area contributed by atoms with Gasteiger partial charge in [-0.05, 0) is 37.6 Å². The molecule has 21 heavy (non-hydrogen) atoms. The lowest BCUT2D eigenvalue weighted by atomic mass is 10.1. The van der Waals surface area contributed by atoms with Crippen molar-refractivity contribution in [3.8, 4) is 0 Å². The van der Waals surface area contributed by atoms with Gasteiger partial charge in [0.15, 0.2) is 0 Å².